The van der Waals surface area contributed by atoms with Gasteiger partial charge in [-0.15, -0.1) is 0 Å². The Kier molecular flexibility index (Phi) is 4.07. The molecule has 3 aromatic carbocycles. The van der Waals surface area contributed by atoms with Gasteiger partial charge in [0.15, 0.2) is 0 Å². The van der Waals surface area contributed by atoms with Gasteiger partial charge in [0.05, 0.1) is 0 Å². The van der Waals surface area contributed by atoms with Gasteiger partial charge in [-0.05, 0) is 67.6 Å². The Labute approximate surface area is 162 Å². The van der Waals surface area contributed by atoms with Gasteiger partial charge in [0, 0.05) is 11.1 Å². The van der Waals surface area contributed by atoms with Crippen LogP contribution in [-0.4, -0.2) is 6.18 Å². The van der Waals surface area contributed by atoms with Gasteiger partial charge in [0.1, 0.15) is 16.9 Å². The molecule has 1 nitrogen and oxygen atoms in total. The van der Waals surface area contributed by atoms with Crippen molar-refractivity contribution in [2.75, 3.05) is 0 Å². The van der Waals surface area contributed by atoms with Crippen LogP contribution in [0.1, 0.15) is 38.9 Å². The maximum absolute atomic E-state index is 15.0. The first kappa shape index (κ1) is 18.6. The van der Waals surface area contributed by atoms with Crippen molar-refractivity contribution in [3.63, 3.8) is 0 Å². The summed E-state index contributed by atoms with van der Waals surface area (Å²) in [7, 11) is 0. The molecule has 1 heterocycles. The number of benzene rings is 3. The maximum atomic E-state index is 15.0. The monoisotopic (exact) mass is 382 g/mol. The number of hydrogen-bond donors (Lipinski definition) is 0. The predicted molar refractivity (Wildman–Crippen MR) is 104 cm³/mol. The van der Waals surface area contributed by atoms with Crippen LogP contribution in [0.5, 0.6) is 11.5 Å². The molecule has 0 radical (unpaired) electrons. The molecule has 0 aromatic heterocycles. The normalized spacial score (nSPS) is 14.8. The van der Waals surface area contributed by atoms with Crippen LogP contribution < -0.4 is 4.74 Å². The summed E-state index contributed by atoms with van der Waals surface area (Å²) >= 11 is 0. The zero-order valence-corrected chi connectivity index (χ0v) is 16.2. The molecule has 0 amide bonds. The molecule has 144 valence electrons. The zero-order chi connectivity index (χ0) is 20.3. The molecule has 4 rings (SSSR count). The Morgan fingerprint density at radius 2 is 1.11 bits per heavy atom. The smallest absolute Gasteiger partial charge is 0.406 e. The van der Waals surface area contributed by atoms with Gasteiger partial charge in [-0.25, -0.2) is 0 Å². The van der Waals surface area contributed by atoms with E-state index in [9.17, 15) is 0 Å². The minimum absolute atomic E-state index is 0.144. The lowest BCUT2D eigenvalue weighted by atomic mass is 9.66. The van der Waals surface area contributed by atoms with E-state index in [0.717, 1.165) is 22.3 Å². The van der Waals surface area contributed by atoms with Crippen molar-refractivity contribution in [3.05, 3.63) is 93.5 Å². The molecule has 0 aliphatic carbocycles. The summed E-state index contributed by atoms with van der Waals surface area (Å²) in [5.74, 6) is 0.528. The molecule has 0 spiro atoms. The molecular formula is C24H21F3O. The summed E-state index contributed by atoms with van der Waals surface area (Å²) < 4.78 is 51.2. The third kappa shape index (κ3) is 2.47. The number of fused-ring (bicyclic) bond motifs is 2. The van der Waals surface area contributed by atoms with E-state index in [1.807, 2.05) is 27.7 Å². The van der Waals surface area contributed by atoms with Gasteiger partial charge in [0.2, 0.25) is 0 Å². The van der Waals surface area contributed by atoms with Gasteiger partial charge in [-0.2, -0.15) is 13.2 Å². The topological polar surface area (TPSA) is 9.23 Å². The van der Waals surface area contributed by atoms with Crippen LogP contribution in [0.25, 0.3) is 0 Å². The molecular weight excluding hydrogens is 361 g/mol. The number of aryl methyl sites for hydroxylation is 4. The van der Waals surface area contributed by atoms with Gasteiger partial charge in [-0.1, -0.05) is 42.5 Å². The minimum Gasteiger partial charge on any atom is -0.457 e. The fourth-order valence-corrected chi connectivity index (χ4v) is 4.07. The van der Waals surface area contributed by atoms with Gasteiger partial charge >= 0.3 is 6.18 Å². The Balaban J connectivity index is 2.21. The lowest BCUT2D eigenvalue weighted by Crippen LogP contribution is -2.46. The van der Waals surface area contributed by atoms with Crippen molar-refractivity contribution in [1.29, 1.82) is 0 Å². The largest absolute Gasteiger partial charge is 0.457 e. The first-order chi connectivity index (χ1) is 13.2. The number of halogens is 3. The second-order valence-electron chi connectivity index (χ2n) is 7.58. The third-order valence-corrected chi connectivity index (χ3v) is 5.85. The molecule has 3 aromatic rings. The third-order valence-electron chi connectivity index (χ3n) is 5.85. The summed E-state index contributed by atoms with van der Waals surface area (Å²) in [5.41, 5.74) is 1.60. The van der Waals surface area contributed by atoms with Crippen molar-refractivity contribution in [3.8, 4) is 11.5 Å². The van der Waals surface area contributed by atoms with Crippen LogP contribution in [-0.2, 0) is 5.41 Å². The summed E-state index contributed by atoms with van der Waals surface area (Å²) in [6.07, 6.45) is -4.55. The summed E-state index contributed by atoms with van der Waals surface area (Å²) in [6.45, 7) is 7.43. The predicted octanol–water partition coefficient (Wildman–Crippen LogP) is 6.92. The fraction of sp³-hybridized carbons (Fsp3) is 0.250. The Morgan fingerprint density at radius 1 is 0.679 bits per heavy atom. The number of hydrogen-bond acceptors (Lipinski definition) is 1. The van der Waals surface area contributed by atoms with E-state index >= 15 is 13.2 Å². The molecule has 0 saturated carbocycles. The molecule has 0 N–H and O–H groups in total. The second-order valence-corrected chi connectivity index (χ2v) is 7.58. The average Bonchev–Trinajstić information content (AvgIpc) is 2.62. The Morgan fingerprint density at radius 3 is 1.54 bits per heavy atom. The average molecular weight is 382 g/mol. The standard InChI is InChI=1S/C24H21F3O/c1-14-10-19-21(12-16(14)3)28-22-13-17(4)15(2)11-20(22)23(19,24(25,26)27)18-8-6-5-7-9-18/h5-13H,1-4H3. The highest BCUT2D eigenvalue weighted by Crippen LogP contribution is 2.59. The van der Waals surface area contributed by atoms with E-state index in [4.69, 9.17) is 4.74 Å². The summed E-state index contributed by atoms with van der Waals surface area (Å²) in [5, 5.41) is 0. The molecule has 4 heteroatoms. The van der Waals surface area contributed by atoms with E-state index in [1.54, 1.807) is 54.6 Å². The molecule has 0 atom stereocenters. The van der Waals surface area contributed by atoms with Crippen LogP contribution in [0.2, 0.25) is 0 Å². The maximum Gasteiger partial charge on any atom is 0.406 e. The van der Waals surface area contributed by atoms with Gasteiger partial charge < -0.3 is 4.74 Å². The molecule has 28 heavy (non-hydrogen) atoms. The SMILES string of the molecule is Cc1cc2c(cc1C)C(c1ccccc1)(C(F)(F)F)c1cc(C)c(C)cc1O2. The highest BCUT2D eigenvalue weighted by Gasteiger charge is 2.62. The second kappa shape index (κ2) is 6.13. The highest BCUT2D eigenvalue weighted by atomic mass is 19.4. The molecule has 0 saturated heterocycles. The van der Waals surface area contributed by atoms with E-state index in [-0.39, 0.29) is 28.2 Å². The number of alkyl halides is 3. The van der Waals surface area contributed by atoms with Gasteiger partial charge in [-0.3, -0.25) is 0 Å². The lowest BCUT2D eigenvalue weighted by molar-refractivity contribution is -0.168. The fourth-order valence-electron chi connectivity index (χ4n) is 4.07. The number of ether oxygens (including phenoxy) is 1. The van der Waals surface area contributed by atoms with E-state index in [1.165, 1.54) is 0 Å². The van der Waals surface area contributed by atoms with Crippen molar-refractivity contribution in [2.45, 2.75) is 39.3 Å². The van der Waals surface area contributed by atoms with Crippen molar-refractivity contribution < 1.29 is 17.9 Å². The first-order valence-electron chi connectivity index (χ1n) is 9.20. The van der Waals surface area contributed by atoms with Crippen LogP contribution in [0.4, 0.5) is 13.2 Å². The quantitative estimate of drug-likeness (QED) is 0.444. The molecule has 0 unspecified atom stereocenters. The van der Waals surface area contributed by atoms with Crippen molar-refractivity contribution >= 4 is 0 Å². The summed E-state index contributed by atoms with van der Waals surface area (Å²) in [4.78, 5) is 0. The van der Waals surface area contributed by atoms with Gasteiger partial charge in [0.25, 0.3) is 0 Å². The summed E-state index contributed by atoms with van der Waals surface area (Å²) in [6, 6.07) is 14.8. The van der Waals surface area contributed by atoms with Crippen molar-refractivity contribution in [2.24, 2.45) is 0 Å². The minimum atomic E-state index is -4.55. The van der Waals surface area contributed by atoms with E-state index in [2.05, 4.69) is 0 Å². The zero-order valence-electron chi connectivity index (χ0n) is 16.2. The molecule has 1 aliphatic rings. The molecule has 1 aliphatic heterocycles. The highest BCUT2D eigenvalue weighted by molar-refractivity contribution is 5.67. The van der Waals surface area contributed by atoms with Crippen LogP contribution in [0.15, 0.2) is 54.6 Å². The molecule has 0 fully saturated rings. The first-order valence-corrected chi connectivity index (χ1v) is 9.20. The van der Waals surface area contributed by atoms with Crippen LogP contribution in [0, 0.1) is 27.7 Å². The van der Waals surface area contributed by atoms with Crippen LogP contribution >= 0.6 is 0 Å². The van der Waals surface area contributed by atoms with E-state index < -0.39 is 11.6 Å². The Bertz CT molecular complexity index is 1010. The van der Waals surface area contributed by atoms with Crippen molar-refractivity contribution in [1.82, 2.24) is 0 Å². The van der Waals surface area contributed by atoms with E-state index in [0.29, 0.717) is 0 Å². The Hall–Kier alpha value is -2.75. The van der Waals surface area contributed by atoms with Crippen LogP contribution in [0.3, 0.4) is 0 Å². The number of rotatable bonds is 1. The molecule has 0 bridgehead atoms. The lowest BCUT2D eigenvalue weighted by Gasteiger charge is -2.42.